The minimum atomic E-state index is 0.278. The third kappa shape index (κ3) is 4.01. The van der Waals surface area contributed by atoms with Gasteiger partial charge in [-0.1, -0.05) is 66.7 Å². The van der Waals surface area contributed by atoms with Gasteiger partial charge in [0, 0.05) is 25.4 Å². The van der Waals surface area contributed by atoms with E-state index in [1.165, 1.54) is 16.7 Å². The van der Waals surface area contributed by atoms with Crippen LogP contribution in [-0.4, -0.2) is 4.98 Å². The van der Waals surface area contributed by atoms with E-state index in [2.05, 4.69) is 71.6 Å². The maximum atomic E-state index is 9.13. The van der Waals surface area contributed by atoms with Crippen LogP contribution in [0.1, 0.15) is 41.1 Å². The lowest BCUT2D eigenvalue weighted by Crippen LogP contribution is -2.23. The molecule has 1 unspecified atom stereocenters. The normalized spacial score (nSPS) is 15.1. The highest BCUT2D eigenvalue weighted by Gasteiger charge is 2.25. The Bertz CT molecular complexity index is 887. The van der Waals surface area contributed by atoms with Crippen molar-refractivity contribution in [3.05, 3.63) is 95.2 Å². The van der Waals surface area contributed by atoms with E-state index in [-0.39, 0.29) is 5.92 Å². The molecule has 0 bridgehead atoms. The van der Waals surface area contributed by atoms with Crippen molar-refractivity contribution in [2.45, 2.75) is 38.3 Å². The first-order chi connectivity index (χ1) is 13.3. The van der Waals surface area contributed by atoms with Crippen LogP contribution in [-0.2, 0) is 19.5 Å². The molecule has 1 atom stereocenters. The van der Waals surface area contributed by atoms with Gasteiger partial charge in [0.05, 0.1) is 11.8 Å². The molecule has 1 aliphatic carbocycles. The average molecular weight is 353 g/mol. The highest BCUT2D eigenvalue weighted by molar-refractivity contribution is 5.46. The number of pyridine rings is 1. The number of aromatic nitrogens is 1. The van der Waals surface area contributed by atoms with Crippen LogP contribution < -0.4 is 4.90 Å². The van der Waals surface area contributed by atoms with Crippen molar-refractivity contribution in [3.8, 4) is 6.07 Å². The second kappa shape index (κ2) is 8.05. The minimum absolute atomic E-state index is 0.278. The van der Waals surface area contributed by atoms with Crippen LogP contribution >= 0.6 is 0 Å². The van der Waals surface area contributed by atoms with Crippen LogP contribution in [0.3, 0.4) is 0 Å². The van der Waals surface area contributed by atoms with Gasteiger partial charge in [0.15, 0.2) is 0 Å². The molecule has 0 N–H and O–H groups in total. The molecule has 0 spiro atoms. The largest absolute Gasteiger partial charge is 0.348 e. The topological polar surface area (TPSA) is 39.9 Å². The van der Waals surface area contributed by atoms with E-state index in [1.807, 2.05) is 12.1 Å². The van der Waals surface area contributed by atoms with Gasteiger partial charge in [-0.2, -0.15) is 5.26 Å². The molecule has 134 valence electrons. The monoisotopic (exact) mass is 353 g/mol. The molecule has 1 heterocycles. The number of hydrogen-bond donors (Lipinski definition) is 0. The van der Waals surface area contributed by atoms with Gasteiger partial charge >= 0.3 is 0 Å². The number of rotatable bonds is 6. The predicted molar refractivity (Wildman–Crippen MR) is 108 cm³/mol. The molecule has 0 fully saturated rings. The summed E-state index contributed by atoms with van der Waals surface area (Å²) in [6.07, 6.45) is 2.63. The second-order valence-electron chi connectivity index (χ2n) is 7.14. The average Bonchev–Trinajstić information content (AvgIpc) is 3.12. The van der Waals surface area contributed by atoms with Gasteiger partial charge in [0.2, 0.25) is 0 Å². The lowest BCUT2D eigenvalue weighted by atomic mass is 10.0. The van der Waals surface area contributed by atoms with Crippen LogP contribution in [0.5, 0.6) is 0 Å². The number of benzene rings is 2. The number of nitriles is 1. The molecule has 3 heteroatoms. The molecule has 27 heavy (non-hydrogen) atoms. The van der Waals surface area contributed by atoms with Crippen LogP contribution in [0.2, 0.25) is 0 Å². The first kappa shape index (κ1) is 17.3. The molecule has 4 rings (SSSR count). The summed E-state index contributed by atoms with van der Waals surface area (Å²) in [5.41, 5.74) is 4.96. The van der Waals surface area contributed by atoms with E-state index in [0.717, 1.165) is 37.4 Å². The summed E-state index contributed by atoms with van der Waals surface area (Å²) in [4.78, 5) is 7.35. The van der Waals surface area contributed by atoms with Crippen molar-refractivity contribution in [2.24, 2.45) is 0 Å². The number of anilines is 1. The van der Waals surface area contributed by atoms with E-state index in [9.17, 15) is 0 Å². The van der Waals surface area contributed by atoms with Crippen molar-refractivity contribution in [3.63, 3.8) is 0 Å². The van der Waals surface area contributed by atoms with Crippen molar-refractivity contribution in [2.75, 3.05) is 4.90 Å². The second-order valence-corrected chi connectivity index (χ2v) is 7.14. The Morgan fingerprint density at radius 1 is 0.889 bits per heavy atom. The first-order valence-electron chi connectivity index (χ1n) is 9.53. The van der Waals surface area contributed by atoms with Gasteiger partial charge < -0.3 is 4.90 Å². The Kier molecular flexibility index (Phi) is 5.16. The van der Waals surface area contributed by atoms with Crippen molar-refractivity contribution in [1.82, 2.24) is 4.98 Å². The number of nitrogens with zero attached hydrogens (tertiary/aromatic N) is 3. The van der Waals surface area contributed by atoms with Crippen molar-refractivity contribution in [1.29, 1.82) is 5.26 Å². The predicted octanol–water partition coefficient (Wildman–Crippen LogP) is 5.23. The quantitative estimate of drug-likeness (QED) is 0.609. The summed E-state index contributed by atoms with van der Waals surface area (Å²) >= 11 is 0. The molecule has 0 aliphatic heterocycles. The lowest BCUT2D eigenvalue weighted by Gasteiger charge is -2.25. The Balaban J connectivity index is 1.66. The first-order valence-corrected chi connectivity index (χ1v) is 9.53. The number of fused-ring (bicyclic) bond motifs is 1. The zero-order valence-electron chi connectivity index (χ0n) is 15.4. The molecule has 0 saturated carbocycles. The Labute approximate surface area is 160 Å². The molecule has 2 aromatic carbocycles. The van der Waals surface area contributed by atoms with Crippen molar-refractivity contribution < 1.29 is 0 Å². The SMILES string of the molecule is N#CCC1CCc2ccc(N(Cc3ccccc3)Cc3ccccc3)nc21. The minimum Gasteiger partial charge on any atom is -0.348 e. The molecular weight excluding hydrogens is 330 g/mol. The van der Waals surface area contributed by atoms with Crippen LogP contribution in [0.25, 0.3) is 0 Å². The summed E-state index contributed by atoms with van der Waals surface area (Å²) in [6, 6.07) is 27.7. The lowest BCUT2D eigenvalue weighted by molar-refractivity contribution is 0.676. The smallest absolute Gasteiger partial charge is 0.129 e. The Hall–Kier alpha value is -3.12. The van der Waals surface area contributed by atoms with E-state index in [4.69, 9.17) is 10.2 Å². The highest BCUT2D eigenvalue weighted by Crippen LogP contribution is 2.35. The molecular formula is C24H23N3. The summed E-state index contributed by atoms with van der Waals surface area (Å²) in [5, 5.41) is 9.13. The van der Waals surface area contributed by atoms with Crippen LogP contribution in [0.15, 0.2) is 72.8 Å². The number of aryl methyl sites for hydroxylation is 1. The summed E-state index contributed by atoms with van der Waals surface area (Å²) in [6.45, 7) is 1.62. The maximum Gasteiger partial charge on any atom is 0.129 e. The zero-order valence-corrected chi connectivity index (χ0v) is 15.4. The van der Waals surface area contributed by atoms with Gasteiger partial charge in [-0.25, -0.2) is 4.98 Å². The van der Waals surface area contributed by atoms with Crippen LogP contribution in [0.4, 0.5) is 5.82 Å². The van der Waals surface area contributed by atoms with Crippen molar-refractivity contribution >= 4 is 5.82 Å². The van der Waals surface area contributed by atoms with Gasteiger partial charge in [0.25, 0.3) is 0 Å². The highest BCUT2D eigenvalue weighted by atomic mass is 15.2. The molecule has 3 aromatic rings. The fourth-order valence-corrected chi connectivity index (χ4v) is 3.83. The molecule has 0 amide bonds. The van der Waals surface area contributed by atoms with Gasteiger partial charge in [0.1, 0.15) is 5.82 Å². The third-order valence-electron chi connectivity index (χ3n) is 5.24. The van der Waals surface area contributed by atoms with Gasteiger partial charge in [-0.05, 0) is 35.6 Å². The molecule has 0 saturated heterocycles. The summed E-state index contributed by atoms with van der Waals surface area (Å²) < 4.78 is 0. The molecule has 0 radical (unpaired) electrons. The fourth-order valence-electron chi connectivity index (χ4n) is 3.83. The third-order valence-corrected chi connectivity index (χ3v) is 5.24. The van der Waals surface area contributed by atoms with Gasteiger partial charge in [-0.3, -0.25) is 0 Å². The summed E-state index contributed by atoms with van der Waals surface area (Å²) in [5.74, 6) is 1.27. The maximum absolute atomic E-state index is 9.13. The fraction of sp³-hybridized carbons (Fsp3) is 0.250. The molecule has 1 aromatic heterocycles. The molecule has 1 aliphatic rings. The van der Waals surface area contributed by atoms with E-state index in [1.54, 1.807) is 0 Å². The van der Waals surface area contributed by atoms with E-state index >= 15 is 0 Å². The number of hydrogen-bond acceptors (Lipinski definition) is 3. The summed E-state index contributed by atoms with van der Waals surface area (Å²) in [7, 11) is 0. The van der Waals surface area contributed by atoms with E-state index < -0.39 is 0 Å². The van der Waals surface area contributed by atoms with Crippen LogP contribution in [0, 0.1) is 11.3 Å². The van der Waals surface area contributed by atoms with Gasteiger partial charge in [-0.15, -0.1) is 0 Å². The Morgan fingerprint density at radius 2 is 1.52 bits per heavy atom. The Morgan fingerprint density at radius 3 is 2.11 bits per heavy atom. The van der Waals surface area contributed by atoms with E-state index in [0.29, 0.717) is 6.42 Å². The molecule has 3 nitrogen and oxygen atoms in total. The zero-order chi connectivity index (χ0) is 18.5. The standard InChI is InChI=1S/C24H23N3/c25-16-15-22-12-11-21-13-14-23(26-24(21)22)27(17-19-7-3-1-4-8-19)18-20-9-5-2-6-10-20/h1-10,13-14,22H,11-12,15,17-18H2.